The van der Waals surface area contributed by atoms with Crippen molar-refractivity contribution in [1.82, 2.24) is 10.6 Å². The Balaban J connectivity index is 0.00000133. The van der Waals surface area contributed by atoms with Gasteiger partial charge in [-0.25, -0.2) is 0 Å². The molecule has 5 heteroatoms. The van der Waals surface area contributed by atoms with Crippen LogP contribution in [0.3, 0.4) is 0 Å². The van der Waals surface area contributed by atoms with Crippen molar-refractivity contribution < 1.29 is 9.90 Å². The second kappa shape index (κ2) is 5.90. The third kappa shape index (κ3) is 3.26. The number of amides is 1. The number of benzene rings is 1. The van der Waals surface area contributed by atoms with Crippen LogP contribution in [0.2, 0.25) is 0 Å². The molecule has 2 unspecified atom stereocenters. The predicted octanol–water partition coefficient (Wildman–Crippen LogP) is 0.935. The number of carbonyl (C=O) groups excluding carboxylic acids is 1. The van der Waals surface area contributed by atoms with E-state index in [4.69, 9.17) is 0 Å². The lowest BCUT2D eigenvalue weighted by atomic mass is 10.1. The maximum absolute atomic E-state index is 11.8. The van der Waals surface area contributed by atoms with Crippen LogP contribution in [0.1, 0.15) is 30.0 Å². The van der Waals surface area contributed by atoms with E-state index in [0.29, 0.717) is 19.0 Å². The highest BCUT2D eigenvalue weighted by Crippen LogP contribution is 2.31. The SMILES string of the molecule is Cl.O=C(CNC1CC1)NC1c2ccccc2CC1O. The van der Waals surface area contributed by atoms with Gasteiger partial charge in [-0.05, 0) is 24.0 Å². The summed E-state index contributed by atoms with van der Waals surface area (Å²) in [6, 6.07) is 8.16. The van der Waals surface area contributed by atoms with E-state index in [2.05, 4.69) is 10.6 Å². The Kier molecular flexibility index (Phi) is 4.45. The van der Waals surface area contributed by atoms with E-state index in [1.807, 2.05) is 24.3 Å². The smallest absolute Gasteiger partial charge is 0.234 e. The molecule has 1 aromatic rings. The number of aliphatic hydroxyl groups excluding tert-OH is 1. The number of hydrogen-bond acceptors (Lipinski definition) is 3. The molecule has 1 aromatic carbocycles. The number of aliphatic hydroxyl groups is 1. The molecule has 0 aliphatic heterocycles. The molecule has 1 saturated carbocycles. The summed E-state index contributed by atoms with van der Waals surface area (Å²) in [5.74, 6) is -0.0392. The zero-order valence-corrected chi connectivity index (χ0v) is 11.5. The third-order valence-corrected chi connectivity index (χ3v) is 3.65. The molecule has 0 spiro atoms. The minimum atomic E-state index is -0.507. The number of fused-ring (bicyclic) bond motifs is 1. The first-order chi connectivity index (χ1) is 8.74. The van der Waals surface area contributed by atoms with Crippen molar-refractivity contribution in [2.24, 2.45) is 0 Å². The van der Waals surface area contributed by atoms with Gasteiger partial charge in [0.05, 0.1) is 18.7 Å². The molecule has 0 saturated heterocycles. The Hall–Kier alpha value is -1.10. The Bertz CT molecular complexity index is 463. The number of halogens is 1. The molecule has 0 aromatic heterocycles. The molecule has 0 bridgehead atoms. The Morgan fingerprint density at radius 2 is 2.05 bits per heavy atom. The highest BCUT2D eigenvalue weighted by molar-refractivity contribution is 5.85. The number of carbonyl (C=O) groups is 1. The van der Waals surface area contributed by atoms with Gasteiger partial charge < -0.3 is 15.7 Å². The van der Waals surface area contributed by atoms with Gasteiger partial charge in [-0.2, -0.15) is 0 Å². The minimum Gasteiger partial charge on any atom is -0.390 e. The highest BCUT2D eigenvalue weighted by atomic mass is 35.5. The van der Waals surface area contributed by atoms with E-state index >= 15 is 0 Å². The van der Waals surface area contributed by atoms with Crippen LogP contribution in [0.5, 0.6) is 0 Å². The summed E-state index contributed by atoms with van der Waals surface area (Å²) in [6.07, 6.45) is 2.45. The number of nitrogens with one attached hydrogen (secondary N) is 2. The van der Waals surface area contributed by atoms with Crippen LogP contribution in [0.15, 0.2) is 24.3 Å². The van der Waals surface area contributed by atoms with Gasteiger partial charge in [-0.15, -0.1) is 12.4 Å². The van der Waals surface area contributed by atoms with Gasteiger partial charge in [-0.3, -0.25) is 4.79 Å². The summed E-state index contributed by atoms with van der Waals surface area (Å²) in [7, 11) is 0. The van der Waals surface area contributed by atoms with Crippen molar-refractivity contribution in [2.75, 3.05) is 6.54 Å². The largest absolute Gasteiger partial charge is 0.390 e. The maximum Gasteiger partial charge on any atom is 0.234 e. The van der Waals surface area contributed by atoms with Crippen LogP contribution in [0, 0.1) is 0 Å². The highest BCUT2D eigenvalue weighted by Gasteiger charge is 2.32. The first-order valence-corrected chi connectivity index (χ1v) is 6.52. The summed E-state index contributed by atoms with van der Waals surface area (Å²) < 4.78 is 0. The Morgan fingerprint density at radius 3 is 2.79 bits per heavy atom. The molecule has 2 aliphatic carbocycles. The van der Waals surface area contributed by atoms with Gasteiger partial charge in [0.1, 0.15) is 0 Å². The fourth-order valence-electron chi connectivity index (χ4n) is 2.50. The molecule has 1 amide bonds. The number of hydrogen-bond donors (Lipinski definition) is 3. The Labute approximate surface area is 119 Å². The van der Waals surface area contributed by atoms with E-state index in [9.17, 15) is 9.90 Å². The lowest BCUT2D eigenvalue weighted by Crippen LogP contribution is -2.39. The van der Waals surface area contributed by atoms with Crippen molar-refractivity contribution in [2.45, 2.75) is 37.5 Å². The summed E-state index contributed by atoms with van der Waals surface area (Å²) in [6.45, 7) is 0.343. The molecule has 104 valence electrons. The fraction of sp³-hybridized carbons (Fsp3) is 0.500. The average molecular weight is 283 g/mol. The average Bonchev–Trinajstić information content (AvgIpc) is 3.14. The first-order valence-electron chi connectivity index (χ1n) is 6.52. The van der Waals surface area contributed by atoms with Crippen molar-refractivity contribution in [3.63, 3.8) is 0 Å². The number of rotatable bonds is 4. The van der Waals surface area contributed by atoms with E-state index in [0.717, 1.165) is 11.1 Å². The molecule has 3 N–H and O–H groups in total. The topological polar surface area (TPSA) is 61.4 Å². The predicted molar refractivity (Wildman–Crippen MR) is 75.3 cm³/mol. The monoisotopic (exact) mass is 282 g/mol. The standard InChI is InChI=1S/C14H18N2O2.ClH/c17-12-7-9-3-1-2-4-11(9)14(12)16-13(18)8-15-10-5-6-10;/h1-4,10,12,14-15,17H,5-8H2,(H,16,18);1H. The molecule has 0 radical (unpaired) electrons. The van der Waals surface area contributed by atoms with E-state index in [1.165, 1.54) is 12.8 Å². The van der Waals surface area contributed by atoms with E-state index in [-0.39, 0.29) is 24.4 Å². The minimum absolute atomic E-state index is 0. The summed E-state index contributed by atoms with van der Waals surface area (Å²) in [5.41, 5.74) is 2.18. The van der Waals surface area contributed by atoms with Crippen LogP contribution < -0.4 is 10.6 Å². The summed E-state index contributed by atoms with van der Waals surface area (Å²) in [4.78, 5) is 11.8. The third-order valence-electron chi connectivity index (χ3n) is 3.65. The van der Waals surface area contributed by atoms with E-state index in [1.54, 1.807) is 0 Å². The molecular weight excluding hydrogens is 264 g/mol. The van der Waals surface area contributed by atoms with Gasteiger partial charge in [0, 0.05) is 12.5 Å². The fourth-order valence-corrected chi connectivity index (χ4v) is 2.50. The summed E-state index contributed by atoms with van der Waals surface area (Å²) in [5, 5.41) is 16.1. The van der Waals surface area contributed by atoms with Crippen LogP contribution in [-0.2, 0) is 11.2 Å². The maximum atomic E-state index is 11.8. The molecule has 3 rings (SSSR count). The van der Waals surface area contributed by atoms with Crippen LogP contribution in [0.25, 0.3) is 0 Å². The Morgan fingerprint density at radius 1 is 1.32 bits per heavy atom. The van der Waals surface area contributed by atoms with Crippen molar-refractivity contribution in [1.29, 1.82) is 0 Å². The van der Waals surface area contributed by atoms with Crippen molar-refractivity contribution in [3.05, 3.63) is 35.4 Å². The van der Waals surface area contributed by atoms with Crippen LogP contribution in [0.4, 0.5) is 0 Å². The van der Waals surface area contributed by atoms with Gasteiger partial charge in [0.15, 0.2) is 0 Å². The zero-order chi connectivity index (χ0) is 12.5. The molecular formula is C14H19ClN2O2. The molecule has 2 aliphatic rings. The van der Waals surface area contributed by atoms with Gasteiger partial charge >= 0.3 is 0 Å². The molecule has 0 heterocycles. The normalized spacial score (nSPS) is 24.5. The molecule has 4 nitrogen and oxygen atoms in total. The van der Waals surface area contributed by atoms with Gasteiger partial charge in [0.25, 0.3) is 0 Å². The lowest BCUT2D eigenvalue weighted by molar-refractivity contribution is -0.121. The quantitative estimate of drug-likeness (QED) is 0.770. The van der Waals surface area contributed by atoms with Crippen molar-refractivity contribution >= 4 is 18.3 Å². The molecule has 19 heavy (non-hydrogen) atoms. The molecule has 2 atom stereocenters. The zero-order valence-electron chi connectivity index (χ0n) is 10.6. The lowest BCUT2D eigenvalue weighted by Gasteiger charge is -2.18. The second-order valence-corrected chi connectivity index (χ2v) is 5.17. The van der Waals surface area contributed by atoms with Crippen LogP contribution in [-0.4, -0.2) is 29.7 Å². The summed E-state index contributed by atoms with van der Waals surface area (Å²) >= 11 is 0. The van der Waals surface area contributed by atoms with Gasteiger partial charge in [0.2, 0.25) is 5.91 Å². The first kappa shape index (κ1) is 14.3. The van der Waals surface area contributed by atoms with Gasteiger partial charge in [-0.1, -0.05) is 24.3 Å². The van der Waals surface area contributed by atoms with Crippen LogP contribution >= 0.6 is 12.4 Å². The van der Waals surface area contributed by atoms with E-state index < -0.39 is 6.10 Å². The second-order valence-electron chi connectivity index (χ2n) is 5.17. The molecule has 1 fully saturated rings. The van der Waals surface area contributed by atoms with Crippen molar-refractivity contribution in [3.8, 4) is 0 Å².